The summed E-state index contributed by atoms with van der Waals surface area (Å²) in [7, 11) is 1.55. The normalized spacial score (nSPS) is 20.8. The average molecular weight is 295 g/mol. The Morgan fingerprint density at radius 2 is 2.00 bits per heavy atom. The molecule has 0 aliphatic carbocycles. The number of methoxy groups -OCH3 is 1. The molecule has 0 spiro atoms. The molecule has 1 amide bonds. The molecule has 7 heteroatoms. The number of amides is 1. The van der Waals surface area contributed by atoms with Crippen LogP contribution in [0.3, 0.4) is 0 Å². The zero-order valence-electron chi connectivity index (χ0n) is 11.6. The van der Waals surface area contributed by atoms with E-state index in [2.05, 4.69) is 5.32 Å². The highest BCUT2D eigenvalue weighted by molar-refractivity contribution is 5.88. The van der Waals surface area contributed by atoms with Crippen LogP contribution in [0.25, 0.3) is 0 Å². The van der Waals surface area contributed by atoms with Crippen LogP contribution in [0.1, 0.15) is 6.42 Å². The maximum atomic E-state index is 11.8. The second kappa shape index (κ2) is 6.45. The molecule has 21 heavy (non-hydrogen) atoms. The summed E-state index contributed by atoms with van der Waals surface area (Å²) in [6.45, 7) is 0.0177. The Bertz CT molecular complexity index is 507. The molecule has 7 nitrogen and oxygen atoms in total. The molecule has 0 aromatic heterocycles. The van der Waals surface area contributed by atoms with E-state index in [1.165, 1.54) is 0 Å². The van der Waals surface area contributed by atoms with Crippen molar-refractivity contribution in [2.75, 3.05) is 26.9 Å². The number of carboxylic acid groups (broad SMARTS) is 1. The van der Waals surface area contributed by atoms with Gasteiger partial charge in [0.25, 0.3) is 5.91 Å². The monoisotopic (exact) mass is 295 g/mol. The van der Waals surface area contributed by atoms with Crippen molar-refractivity contribution in [1.82, 2.24) is 5.32 Å². The molecule has 1 saturated heterocycles. The number of ether oxygens (including phenoxy) is 3. The van der Waals surface area contributed by atoms with Gasteiger partial charge >= 0.3 is 5.97 Å². The van der Waals surface area contributed by atoms with Gasteiger partial charge in [-0.2, -0.15) is 0 Å². The zero-order valence-corrected chi connectivity index (χ0v) is 11.6. The van der Waals surface area contributed by atoms with Crippen LogP contribution in [0, 0.1) is 0 Å². The summed E-state index contributed by atoms with van der Waals surface area (Å²) in [5.41, 5.74) is -1.35. The van der Waals surface area contributed by atoms with E-state index in [0.717, 1.165) is 0 Å². The van der Waals surface area contributed by atoms with Crippen molar-refractivity contribution in [2.24, 2.45) is 0 Å². The van der Waals surface area contributed by atoms with Gasteiger partial charge in [-0.3, -0.25) is 4.79 Å². The van der Waals surface area contributed by atoms with E-state index in [0.29, 0.717) is 18.1 Å². The van der Waals surface area contributed by atoms with Crippen LogP contribution in [0.4, 0.5) is 0 Å². The van der Waals surface area contributed by atoms with E-state index in [9.17, 15) is 14.7 Å². The van der Waals surface area contributed by atoms with Gasteiger partial charge in [0, 0.05) is 13.0 Å². The predicted molar refractivity (Wildman–Crippen MR) is 72.4 cm³/mol. The van der Waals surface area contributed by atoms with Crippen LogP contribution in [0.5, 0.6) is 11.5 Å². The molecule has 1 unspecified atom stereocenters. The number of carboxylic acids is 1. The lowest BCUT2D eigenvalue weighted by Gasteiger charge is -2.23. The summed E-state index contributed by atoms with van der Waals surface area (Å²) in [6.07, 6.45) is 0.247. The zero-order chi connectivity index (χ0) is 15.3. The first kappa shape index (κ1) is 15.1. The summed E-state index contributed by atoms with van der Waals surface area (Å²) in [4.78, 5) is 23.1. The van der Waals surface area contributed by atoms with Crippen molar-refractivity contribution < 1.29 is 28.9 Å². The second-order valence-corrected chi connectivity index (χ2v) is 4.70. The van der Waals surface area contributed by atoms with Crippen LogP contribution in [-0.4, -0.2) is 49.5 Å². The minimum atomic E-state index is -1.35. The molecule has 1 fully saturated rings. The van der Waals surface area contributed by atoms with Gasteiger partial charge in [-0.05, 0) is 24.3 Å². The molecule has 0 bridgehead atoms. The summed E-state index contributed by atoms with van der Waals surface area (Å²) in [6, 6.07) is 6.74. The summed E-state index contributed by atoms with van der Waals surface area (Å²) in [5, 5.41) is 11.7. The first-order valence-corrected chi connectivity index (χ1v) is 6.45. The molecule has 1 aliphatic rings. The minimum Gasteiger partial charge on any atom is -0.497 e. The SMILES string of the molecule is COc1ccc(OCC(=O)NC2(C(=O)O)CCOC2)cc1. The van der Waals surface area contributed by atoms with Gasteiger partial charge in [-0.25, -0.2) is 4.79 Å². The van der Waals surface area contributed by atoms with Crippen molar-refractivity contribution in [3.8, 4) is 11.5 Å². The highest BCUT2D eigenvalue weighted by Gasteiger charge is 2.43. The van der Waals surface area contributed by atoms with E-state index >= 15 is 0 Å². The first-order chi connectivity index (χ1) is 10.1. The molecular weight excluding hydrogens is 278 g/mol. The molecule has 1 heterocycles. The number of aliphatic carboxylic acids is 1. The largest absolute Gasteiger partial charge is 0.497 e. The summed E-state index contributed by atoms with van der Waals surface area (Å²) in [5.74, 6) is -0.422. The standard InChI is InChI=1S/C14H17NO6/c1-19-10-2-4-11(5-3-10)21-8-12(16)15-14(13(17)18)6-7-20-9-14/h2-5H,6-9H2,1H3,(H,15,16)(H,17,18). The number of carbonyl (C=O) groups excluding carboxylic acids is 1. The molecular formula is C14H17NO6. The fourth-order valence-corrected chi connectivity index (χ4v) is 2.01. The number of hydrogen-bond acceptors (Lipinski definition) is 5. The van der Waals surface area contributed by atoms with E-state index in [1.807, 2.05) is 0 Å². The predicted octanol–water partition coefficient (Wildman–Crippen LogP) is 0.434. The molecule has 2 N–H and O–H groups in total. The molecule has 2 rings (SSSR count). The van der Waals surface area contributed by atoms with Crippen molar-refractivity contribution >= 4 is 11.9 Å². The second-order valence-electron chi connectivity index (χ2n) is 4.70. The van der Waals surface area contributed by atoms with Crippen LogP contribution in [0.15, 0.2) is 24.3 Å². The lowest BCUT2D eigenvalue weighted by Crippen LogP contribution is -2.56. The minimum absolute atomic E-state index is 0.0311. The van der Waals surface area contributed by atoms with Crippen molar-refractivity contribution in [3.63, 3.8) is 0 Å². The Balaban J connectivity index is 1.87. The van der Waals surface area contributed by atoms with Crippen molar-refractivity contribution in [3.05, 3.63) is 24.3 Å². The fraction of sp³-hybridized carbons (Fsp3) is 0.429. The van der Waals surface area contributed by atoms with E-state index in [4.69, 9.17) is 14.2 Å². The topological polar surface area (TPSA) is 94.1 Å². The van der Waals surface area contributed by atoms with Gasteiger partial charge in [0.1, 0.15) is 11.5 Å². The molecule has 1 aromatic carbocycles. The van der Waals surface area contributed by atoms with Crippen molar-refractivity contribution in [2.45, 2.75) is 12.0 Å². The number of rotatable bonds is 6. The van der Waals surface area contributed by atoms with Crippen LogP contribution >= 0.6 is 0 Å². The molecule has 114 valence electrons. The van der Waals surface area contributed by atoms with Gasteiger partial charge in [0.2, 0.25) is 0 Å². The maximum absolute atomic E-state index is 11.8. The van der Waals surface area contributed by atoms with Gasteiger partial charge in [-0.15, -0.1) is 0 Å². The van der Waals surface area contributed by atoms with Gasteiger partial charge in [0.15, 0.2) is 12.1 Å². The quantitative estimate of drug-likeness (QED) is 0.790. The lowest BCUT2D eigenvalue weighted by molar-refractivity contribution is -0.148. The third-order valence-corrected chi connectivity index (χ3v) is 3.24. The Labute approximate surface area is 121 Å². The Morgan fingerprint density at radius 3 is 2.52 bits per heavy atom. The van der Waals surface area contributed by atoms with Gasteiger partial charge in [0.05, 0.1) is 13.7 Å². The van der Waals surface area contributed by atoms with Gasteiger partial charge in [-0.1, -0.05) is 0 Å². The molecule has 1 aliphatic heterocycles. The summed E-state index contributed by atoms with van der Waals surface area (Å²) >= 11 is 0. The Hall–Kier alpha value is -2.28. The number of benzene rings is 1. The molecule has 0 saturated carbocycles. The smallest absolute Gasteiger partial charge is 0.331 e. The fourth-order valence-electron chi connectivity index (χ4n) is 2.01. The highest BCUT2D eigenvalue weighted by Crippen LogP contribution is 2.19. The molecule has 0 radical (unpaired) electrons. The van der Waals surface area contributed by atoms with E-state index in [1.54, 1.807) is 31.4 Å². The first-order valence-electron chi connectivity index (χ1n) is 6.45. The van der Waals surface area contributed by atoms with Crippen LogP contribution in [0.2, 0.25) is 0 Å². The number of hydrogen-bond donors (Lipinski definition) is 2. The van der Waals surface area contributed by atoms with E-state index < -0.39 is 17.4 Å². The van der Waals surface area contributed by atoms with E-state index in [-0.39, 0.29) is 19.6 Å². The van der Waals surface area contributed by atoms with Crippen LogP contribution in [-0.2, 0) is 14.3 Å². The molecule has 1 aromatic rings. The van der Waals surface area contributed by atoms with Crippen molar-refractivity contribution in [1.29, 1.82) is 0 Å². The molecule has 1 atom stereocenters. The third-order valence-electron chi connectivity index (χ3n) is 3.24. The summed E-state index contributed by atoms with van der Waals surface area (Å²) < 4.78 is 15.4. The average Bonchev–Trinajstić information content (AvgIpc) is 2.95. The van der Waals surface area contributed by atoms with Gasteiger partial charge < -0.3 is 24.6 Å². The number of nitrogens with one attached hydrogen (secondary N) is 1. The maximum Gasteiger partial charge on any atom is 0.331 e. The Kier molecular flexibility index (Phi) is 4.64. The third kappa shape index (κ3) is 3.63. The Morgan fingerprint density at radius 1 is 1.33 bits per heavy atom. The number of carbonyl (C=O) groups is 2. The van der Waals surface area contributed by atoms with Crippen LogP contribution < -0.4 is 14.8 Å². The highest BCUT2D eigenvalue weighted by atomic mass is 16.5. The lowest BCUT2D eigenvalue weighted by atomic mass is 9.99.